The molecular weight excluding hydrogens is 526 g/mol. The fourth-order valence-electron chi connectivity index (χ4n) is 5.59. The molecule has 6 rings (SSSR count). The van der Waals surface area contributed by atoms with Crippen LogP contribution in [0, 0.1) is 0 Å². The minimum absolute atomic E-state index is 0.0267. The molecule has 8 heteroatoms. The third kappa shape index (κ3) is 4.64. The van der Waals surface area contributed by atoms with Crippen molar-refractivity contribution in [2.75, 3.05) is 7.11 Å². The second-order valence-electron chi connectivity index (χ2n) is 9.97. The number of benzene rings is 2. The molecule has 0 saturated carbocycles. The smallest absolute Gasteiger partial charge is 0.337 e. The minimum Gasteiger partial charge on any atom is -0.497 e. The van der Waals surface area contributed by atoms with E-state index in [0.29, 0.717) is 40.8 Å². The van der Waals surface area contributed by atoms with Crippen molar-refractivity contribution in [1.29, 1.82) is 0 Å². The zero-order valence-corrected chi connectivity index (χ0v) is 22.9. The van der Waals surface area contributed by atoms with E-state index in [4.69, 9.17) is 13.9 Å². The van der Waals surface area contributed by atoms with Gasteiger partial charge < -0.3 is 19.2 Å². The zero-order chi connectivity index (χ0) is 27.8. The molecule has 4 aromatic rings. The molecule has 0 unspecified atom stereocenters. The van der Waals surface area contributed by atoms with Gasteiger partial charge in [0, 0.05) is 39.7 Å². The number of nitrogens with one attached hydrogen (secondary N) is 1. The fraction of sp³-hybridized carbons (Fsp3) is 0.219. The van der Waals surface area contributed by atoms with E-state index < -0.39 is 11.9 Å². The molecule has 0 amide bonds. The zero-order valence-electron chi connectivity index (χ0n) is 22.1. The van der Waals surface area contributed by atoms with Crippen molar-refractivity contribution in [3.05, 3.63) is 121 Å². The summed E-state index contributed by atoms with van der Waals surface area (Å²) in [6, 6.07) is 18.2. The third-order valence-corrected chi connectivity index (χ3v) is 8.57. The molecule has 0 radical (unpaired) electrons. The molecule has 2 atom stereocenters. The number of carbonyl (C=O) groups excluding carboxylic acids is 2. The van der Waals surface area contributed by atoms with Gasteiger partial charge in [0.05, 0.1) is 30.3 Å². The molecule has 7 nitrogen and oxygen atoms in total. The number of hydrogen-bond donors (Lipinski definition) is 1. The lowest BCUT2D eigenvalue weighted by Crippen LogP contribution is -2.37. The number of carbonyl (C=O) groups is 2. The predicted molar refractivity (Wildman–Crippen MR) is 152 cm³/mol. The van der Waals surface area contributed by atoms with Gasteiger partial charge in [-0.2, -0.15) is 0 Å². The number of Topliss-reactive ketones (excluding diaryl/α,β-unsaturated/α-hetero) is 1. The quantitative estimate of drug-likeness (QED) is 0.294. The van der Waals surface area contributed by atoms with Crippen molar-refractivity contribution in [1.82, 2.24) is 5.32 Å². The number of rotatable bonds is 6. The van der Waals surface area contributed by atoms with Gasteiger partial charge >= 0.3 is 5.97 Å². The van der Waals surface area contributed by atoms with E-state index in [2.05, 4.69) is 5.32 Å². The largest absolute Gasteiger partial charge is 0.497 e. The summed E-state index contributed by atoms with van der Waals surface area (Å²) in [6.07, 6.45) is 2.28. The Kier molecular flexibility index (Phi) is 6.86. The van der Waals surface area contributed by atoms with Crippen LogP contribution in [0.15, 0.2) is 104 Å². The second kappa shape index (κ2) is 10.6. The van der Waals surface area contributed by atoms with Gasteiger partial charge in [0.15, 0.2) is 11.2 Å². The molecule has 2 aromatic carbocycles. The number of esters is 1. The topological polar surface area (TPSA) is 94.8 Å². The van der Waals surface area contributed by atoms with Gasteiger partial charge in [0.25, 0.3) is 0 Å². The highest BCUT2D eigenvalue weighted by molar-refractivity contribution is 7.10. The van der Waals surface area contributed by atoms with Gasteiger partial charge in [-0.05, 0) is 54.6 Å². The lowest BCUT2D eigenvalue weighted by molar-refractivity contribution is -0.140. The van der Waals surface area contributed by atoms with Gasteiger partial charge in [-0.1, -0.05) is 30.3 Å². The minimum atomic E-state index is -0.905. The van der Waals surface area contributed by atoms with E-state index in [1.807, 2.05) is 29.6 Å². The van der Waals surface area contributed by atoms with E-state index in [-0.39, 0.29) is 34.9 Å². The van der Waals surface area contributed by atoms with E-state index in [9.17, 15) is 14.4 Å². The van der Waals surface area contributed by atoms with E-state index in [0.717, 1.165) is 16.1 Å². The van der Waals surface area contributed by atoms with Crippen LogP contribution in [0.2, 0.25) is 0 Å². The first-order valence-corrected chi connectivity index (χ1v) is 13.9. The number of dihydropyridines is 1. The summed E-state index contributed by atoms with van der Waals surface area (Å²) in [7, 11) is 1.59. The number of ether oxygens (including phenoxy) is 2. The van der Waals surface area contributed by atoms with Crippen LogP contribution >= 0.6 is 11.3 Å². The van der Waals surface area contributed by atoms with Crippen LogP contribution in [0.25, 0.3) is 11.0 Å². The lowest BCUT2D eigenvalue weighted by atomic mass is 9.73. The summed E-state index contributed by atoms with van der Waals surface area (Å²) in [5.74, 6) is -0.874. The van der Waals surface area contributed by atoms with E-state index in [1.54, 1.807) is 61.8 Å². The van der Waals surface area contributed by atoms with Crippen molar-refractivity contribution >= 4 is 34.1 Å². The Hall–Kier alpha value is -4.43. The Morgan fingerprint density at radius 3 is 2.60 bits per heavy atom. The number of hydrogen-bond acceptors (Lipinski definition) is 8. The molecule has 2 aromatic heterocycles. The molecule has 3 heterocycles. The number of methoxy groups -OCH3 is 1. The molecule has 0 bridgehead atoms. The lowest BCUT2D eigenvalue weighted by Gasteiger charge is -2.36. The molecule has 1 aliphatic carbocycles. The molecule has 1 N–H and O–H groups in total. The fourth-order valence-corrected chi connectivity index (χ4v) is 6.42. The molecule has 0 fully saturated rings. The van der Waals surface area contributed by atoms with Crippen LogP contribution in [0.3, 0.4) is 0 Å². The van der Waals surface area contributed by atoms with Gasteiger partial charge in [-0.25, -0.2) is 4.79 Å². The molecule has 40 heavy (non-hydrogen) atoms. The summed E-state index contributed by atoms with van der Waals surface area (Å²) < 4.78 is 16.8. The molecule has 1 aliphatic heterocycles. The molecular formula is C32H27NO6S. The maximum atomic E-state index is 13.8. The van der Waals surface area contributed by atoms with Crippen LogP contribution in [0.4, 0.5) is 0 Å². The van der Waals surface area contributed by atoms with Gasteiger partial charge in [-0.15, -0.1) is 11.3 Å². The highest BCUT2D eigenvalue weighted by atomic mass is 32.1. The summed E-state index contributed by atoms with van der Waals surface area (Å²) in [6.45, 7) is 1.81. The van der Waals surface area contributed by atoms with Crippen molar-refractivity contribution in [3.8, 4) is 5.75 Å². The van der Waals surface area contributed by atoms with Crippen LogP contribution in [0.5, 0.6) is 5.75 Å². The molecule has 0 saturated heterocycles. The first-order valence-electron chi connectivity index (χ1n) is 13.0. The maximum absolute atomic E-state index is 13.8. The number of allylic oxidation sites excluding steroid dienone is 3. The summed E-state index contributed by atoms with van der Waals surface area (Å²) in [5, 5.41) is 5.73. The summed E-state index contributed by atoms with van der Waals surface area (Å²) in [5.41, 5.74) is 3.14. The Balaban J connectivity index is 1.41. The maximum Gasteiger partial charge on any atom is 0.337 e. The highest BCUT2D eigenvalue weighted by Gasteiger charge is 2.43. The van der Waals surface area contributed by atoms with Gasteiger partial charge in [0.2, 0.25) is 0 Å². The second-order valence-corrected chi connectivity index (χ2v) is 11.0. The van der Waals surface area contributed by atoms with E-state index >= 15 is 0 Å². The molecule has 2 aliphatic rings. The predicted octanol–water partition coefficient (Wildman–Crippen LogP) is 5.97. The Morgan fingerprint density at radius 2 is 1.85 bits per heavy atom. The normalized spacial score (nSPS) is 18.9. The van der Waals surface area contributed by atoms with Crippen molar-refractivity contribution in [2.45, 2.75) is 38.2 Å². The molecule has 202 valence electrons. The van der Waals surface area contributed by atoms with Crippen molar-refractivity contribution in [3.63, 3.8) is 0 Å². The average Bonchev–Trinajstić information content (AvgIpc) is 3.51. The Labute approximate surface area is 234 Å². The van der Waals surface area contributed by atoms with E-state index in [1.165, 1.54) is 6.26 Å². The number of thiophene rings is 1. The van der Waals surface area contributed by atoms with Crippen LogP contribution in [0.1, 0.15) is 47.6 Å². The summed E-state index contributed by atoms with van der Waals surface area (Å²) in [4.78, 5) is 42.4. The van der Waals surface area contributed by atoms with Gasteiger partial charge in [-0.3, -0.25) is 9.59 Å². The third-order valence-electron chi connectivity index (χ3n) is 7.54. The summed E-state index contributed by atoms with van der Waals surface area (Å²) >= 11 is 1.62. The number of fused-ring (bicyclic) bond motifs is 1. The van der Waals surface area contributed by atoms with Crippen LogP contribution in [-0.4, -0.2) is 18.9 Å². The van der Waals surface area contributed by atoms with Crippen LogP contribution in [-0.2, 0) is 20.9 Å². The van der Waals surface area contributed by atoms with Gasteiger partial charge in [0.1, 0.15) is 17.9 Å². The first-order chi connectivity index (χ1) is 19.4. The van der Waals surface area contributed by atoms with Crippen molar-refractivity contribution in [2.24, 2.45) is 0 Å². The Bertz CT molecular complexity index is 1730. The first kappa shape index (κ1) is 25.8. The monoisotopic (exact) mass is 553 g/mol. The highest BCUT2D eigenvalue weighted by Crippen LogP contribution is 2.46. The Morgan fingerprint density at radius 1 is 1.05 bits per heavy atom. The number of para-hydroxylation sites is 1. The average molecular weight is 554 g/mol. The van der Waals surface area contributed by atoms with Crippen LogP contribution < -0.4 is 15.5 Å². The van der Waals surface area contributed by atoms with Crippen molar-refractivity contribution < 1.29 is 23.5 Å². The number of ketones is 1. The molecule has 0 spiro atoms. The standard InChI is InChI=1S/C32H27NO6S/c1-18-28(32(36)39-16-19-9-11-21(37-2)12-10-19)29(23-17-38-26-7-4-3-6-22(26)31(23)35)30-24(33-18)14-20(15-25(30)34)27-8-5-13-40-27/h3-13,17,20,29,33H,14-16H2,1-2H3/t20-,29+/m1/s1. The SMILES string of the molecule is COc1ccc(COC(=O)C2=C(C)NC3=C(C(=O)C[C@H](c4cccs4)C3)[C@H]2c2coc3ccccc3c2=O)cc1.